The highest BCUT2D eigenvalue weighted by Crippen LogP contribution is 2.21. The molecule has 2 aromatic carbocycles. The van der Waals surface area contributed by atoms with Gasteiger partial charge in [-0.3, -0.25) is 9.69 Å². The van der Waals surface area contributed by atoms with Gasteiger partial charge in [-0.15, -0.1) is 0 Å². The van der Waals surface area contributed by atoms with Crippen molar-refractivity contribution in [2.24, 2.45) is 0 Å². The van der Waals surface area contributed by atoms with Crippen LogP contribution in [0.1, 0.15) is 27.9 Å². The van der Waals surface area contributed by atoms with Crippen molar-refractivity contribution in [2.45, 2.75) is 31.6 Å². The van der Waals surface area contributed by atoms with Crippen molar-refractivity contribution in [3.05, 3.63) is 65.2 Å². The average Bonchev–Trinajstić information content (AvgIpc) is 3.27. The number of hydrogen-bond donors (Lipinski definition) is 2. The molecule has 2 aromatic rings. The fraction of sp³-hybridized carbons (Fsp3) is 0.458. The topological polar surface area (TPSA) is 99.2 Å². The molecular weight excluding hydrogens is 442 g/mol. The van der Waals surface area contributed by atoms with Crippen molar-refractivity contribution < 1.29 is 23.1 Å². The number of nitrogens with zero attached hydrogens (tertiary/aromatic N) is 2. The van der Waals surface area contributed by atoms with Crippen LogP contribution in [0.4, 0.5) is 0 Å². The van der Waals surface area contributed by atoms with E-state index in [1.807, 2.05) is 6.07 Å². The number of rotatable bonds is 8. The van der Waals surface area contributed by atoms with Gasteiger partial charge < -0.3 is 15.2 Å². The normalized spacial score (nSPS) is 20.2. The van der Waals surface area contributed by atoms with Gasteiger partial charge in [0.2, 0.25) is 10.0 Å². The lowest BCUT2D eigenvalue weighted by molar-refractivity contribution is 0.0842. The van der Waals surface area contributed by atoms with Crippen molar-refractivity contribution in [1.82, 2.24) is 14.5 Å². The first-order valence-electron chi connectivity index (χ1n) is 11.2. The van der Waals surface area contributed by atoms with Gasteiger partial charge in [-0.25, -0.2) is 8.42 Å². The van der Waals surface area contributed by atoms with Crippen LogP contribution in [0.3, 0.4) is 0 Å². The quantitative estimate of drug-likeness (QED) is 0.599. The van der Waals surface area contributed by atoms with Crippen LogP contribution in [0.25, 0.3) is 0 Å². The molecule has 0 radical (unpaired) electrons. The van der Waals surface area contributed by atoms with Gasteiger partial charge in [-0.05, 0) is 48.2 Å². The first kappa shape index (κ1) is 23.7. The molecule has 2 aliphatic rings. The van der Waals surface area contributed by atoms with Crippen molar-refractivity contribution in [3.8, 4) is 5.75 Å². The second-order valence-corrected chi connectivity index (χ2v) is 10.8. The van der Waals surface area contributed by atoms with E-state index in [9.17, 15) is 18.3 Å². The number of carbonyl (C=O) groups excluding carboxylic acids is 1. The Kier molecular flexibility index (Phi) is 7.33. The molecule has 0 bridgehead atoms. The Balaban J connectivity index is 1.21. The molecule has 178 valence electrons. The third kappa shape index (κ3) is 6.32. The summed E-state index contributed by atoms with van der Waals surface area (Å²) in [7, 11) is -3.20. The average molecular weight is 474 g/mol. The number of hydrogen-bond acceptors (Lipinski definition) is 6. The first-order valence-corrected chi connectivity index (χ1v) is 13.1. The van der Waals surface area contributed by atoms with Crippen LogP contribution >= 0.6 is 0 Å². The highest BCUT2D eigenvalue weighted by molar-refractivity contribution is 7.88. The molecule has 8 nitrogen and oxygen atoms in total. The summed E-state index contributed by atoms with van der Waals surface area (Å²) in [6.45, 7) is 3.18. The lowest BCUT2D eigenvalue weighted by atomic mass is 10.00. The van der Waals surface area contributed by atoms with E-state index >= 15 is 0 Å². The Morgan fingerprint density at radius 2 is 1.88 bits per heavy atom. The molecule has 0 spiro atoms. The number of nitrogens with one attached hydrogen (secondary N) is 1. The number of fused-ring (bicyclic) bond motifs is 1. The van der Waals surface area contributed by atoms with Gasteiger partial charge in [0.25, 0.3) is 5.91 Å². The molecule has 2 N–H and O–H groups in total. The molecule has 1 saturated heterocycles. The van der Waals surface area contributed by atoms with Crippen LogP contribution in [0, 0.1) is 0 Å². The van der Waals surface area contributed by atoms with Gasteiger partial charge in [0.15, 0.2) is 0 Å². The summed E-state index contributed by atoms with van der Waals surface area (Å²) >= 11 is 0. The minimum absolute atomic E-state index is 0.179. The van der Waals surface area contributed by atoms with E-state index < -0.39 is 16.1 Å². The number of aliphatic hydroxyl groups excluding tert-OH is 1. The summed E-state index contributed by atoms with van der Waals surface area (Å²) in [5.74, 6) is 0.339. The van der Waals surface area contributed by atoms with E-state index in [1.54, 1.807) is 24.3 Å². The standard InChI is InChI=1S/C24H31N3O5S/c1-33(30,31)27-13-11-23(17-27)32-22-8-6-19(7-9-22)24(29)25-14-21(28)16-26-12-10-18-4-2-3-5-20(18)15-26/h2-9,21,23,28H,10-17H2,1H3,(H,25,29). The number of carbonyl (C=O) groups is 1. The second kappa shape index (κ2) is 10.2. The Labute approximate surface area is 195 Å². The number of aliphatic hydroxyl groups is 1. The SMILES string of the molecule is CS(=O)(=O)N1CCC(Oc2ccc(C(=O)NCC(O)CN3CCc4ccccc4C3)cc2)C1. The molecule has 2 aliphatic heterocycles. The lowest BCUT2D eigenvalue weighted by Crippen LogP contribution is -2.42. The van der Waals surface area contributed by atoms with Crippen LogP contribution in [0.2, 0.25) is 0 Å². The zero-order valence-electron chi connectivity index (χ0n) is 18.8. The van der Waals surface area contributed by atoms with Gasteiger partial charge in [0.1, 0.15) is 11.9 Å². The predicted octanol–water partition coefficient (Wildman–Crippen LogP) is 1.25. The fourth-order valence-electron chi connectivity index (χ4n) is 4.36. The second-order valence-electron chi connectivity index (χ2n) is 8.79. The predicted molar refractivity (Wildman–Crippen MR) is 126 cm³/mol. The molecule has 0 aromatic heterocycles. The van der Waals surface area contributed by atoms with Gasteiger partial charge in [0, 0.05) is 38.3 Å². The van der Waals surface area contributed by atoms with Crippen LogP contribution in [-0.2, 0) is 23.0 Å². The summed E-state index contributed by atoms with van der Waals surface area (Å²) in [6.07, 6.45) is 1.95. The third-order valence-corrected chi connectivity index (χ3v) is 7.44. The number of ether oxygens (including phenoxy) is 1. The highest BCUT2D eigenvalue weighted by Gasteiger charge is 2.29. The molecule has 9 heteroatoms. The molecule has 33 heavy (non-hydrogen) atoms. The van der Waals surface area contributed by atoms with E-state index in [1.165, 1.54) is 21.7 Å². The molecule has 1 fully saturated rings. The zero-order valence-corrected chi connectivity index (χ0v) is 19.6. The summed E-state index contributed by atoms with van der Waals surface area (Å²) in [4.78, 5) is 14.7. The number of benzene rings is 2. The smallest absolute Gasteiger partial charge is 0.251 e. The van der Waals surface area contributed by atoms with Gasteiger partial charge in [0.05, 0.1) is 18.9 Å². The zero-order chi connectivity index (χ0) is 23.4. The maximum atomic E-state index is 12.5. The highest BCUT2D eigenvalue weighted by atomic mass is 32.2. The van der Waals surface area contributed by atoms with E-state index in [4.69, 9.17) is 4.74 Å². The van der Waals surface area contributed by atoms with Gasteiger partial charge in [-0.1, -0.05) is 24.3 Å². The van der Waals surface area contributed by atoms with Crippen molar-refractivity contribution >= 4 is 15.9 Å². The molecule has 4 rings (SSSR count). The van der Waals surface area contributed by atoms with Crippen LogP contribution in [-0.4, -0.2) is 79.8 Å². The Morgan fingerprint density at radius 3 is 2.58 bits per heavy atom. The number of sulfonamides is 1. The van der Waals surface area contributed by atoms with Crippen molar-refractivity contribution in [1.29, 1.82) is 0 Å². The van der Waals surface area contributed by atoms with Crippen molar-refractivity contribution in [3.63, 3.8) is 0 Å². The molecule has 2 unspecified atom stereocenters. The summed E-state index contributed by atoms with van der Waals surface area (Å²) in [5.41, 5.74) is 3.14. The van der Waals surface area contributed by atoms with E-state index in [-0.39, 0.29) is 18.6 Å². The Hall–Kier alpha value is -2.46. The van der Waals surface area contributed by atoms with Gasteiger partial charge >= 0.3 is 0 Å². The van der Waals surface area contributed by atoms with E-state index in [2.05, 4.69) is 28.4 Å². The minimum atomic E-state index is -3.20. The number of β-amino-alcohol motifs (C(OH)–C–C–N with tert-alkyl or cyclic N) is 1. The monoisotopic (exact) mass is 473 g/mol. The first-order chi connectivity index (χ1) is 15.8. The fourth-order valence-corrected chi connectivity index (χ4v) is 5.23. The molecular formula is C24H31N3O5S. The summed E-state index contributed by atoms with van der Waals surface area (Å²) in [6, 6.07) is 15.1. The van der Waals surface area contributed by atoms with Crippen LogP contribution in [0.5, 0.6) is 5.75 Å². The largest absolute Gasteiger partial charge is 0.489 e. The van der Waals surface area contributed by atoms with Crippen LogP contribution in [0.15, 0.2) is 48.5 Å². The van der Waals surface area contributed by atoms with Crippen molar-refractivity contribution in [2.75, 3.05) is 39.0 Å². The minimum Gasteiger partial charge on any atom is -0.489 e. The molecule has 1 amide bonds. The van der Waals surface area contributed by atoms with Crippen LogP contribution < -0.4 is 10.1 Å². The summed E-state index contributed by atoms with van der Waals surface area (Å²) < 4.78 is 30.5. The van der Waals surface area contributed by atoms with E-state index in [0.717, 1.165) is 19.5 Å². The number of amides is 1. The molecule has 0 saturated carbocycles. The maximum Gasteiger partial charge on any atom is 0.251 e. The molecule has 0 aliphatic carbocycles. The Bertz CT molecular complexity index is 1070. The third-order valence-electron chi connectivity index (χ3n) is 6.17. The maximum absolute atomic E-state index is 12.5. The lowest BCUT2D eigenvalue weighted by Gasteiger charge is -2.30. The summed E-state index contributed by atoms with van der Waals surface area (Å²) in [5, 5.41) is 13.2. The van der Waals surface area contributed by atoms with Gasteiger partial charge in [-0.2, -0.15) is 4.31 Å². The Morgan fingerprint density at radius 1 is 1.15 bits per heavy atom. The molecule has 2 heterocycles. The molecule has 2 atom stereocenters. The van der Waals surface area contributed by atoms with E-state index in [0.29, 0.717) is 37.4 Å².